The van der Waals surface area contributed by atoms with Crippen molar-refractivity contribution in [3.05, 3.63) is 59.7 Å². The summed E-state index contributed by atoms with van der Waals surface area (Å²) in [6.07, 6.45) is -0.578. The Bertz CT molecular complexity index is 679. The molecule has 5 heteroatoms. The van der Waals surface area contributed by atoms with Gasteiger partial charge in [0.15, 0.2) is 11.5 Å². The molecule has 1 atom stereocenters. The number of hydrogen-bond acceptors (Lipinski definition) is 5. The molecule has 0 aromatic heterocycles. The monoisotopic (exact) mass is 372 g/mol. The maximum Gasteiger partial charge on any atom is 0.161 e. The summed E-state index contributed by atoms with van der Waals surface area (Å²) in [7, 11) is 5.71. The van der Waals surface area contributed by atoms with E-state index in [0.29, 0.717) is 18.0 Å². The fraction of sp³-hybridized carbons (Fsp3) is 0.455. The Morgan fingerprint density at radius 1 is 0.926 bits per heavy atom. The first-order valence-electron chi connectivity index (χ1n) is 9.40. The van der Waals surface area contributed by atoms with Gasteiger partial charge >= 0.3 is 0 Å². The molecule has 0 aliphatic rings. The van der Waals surface area contributed by atoms with Crippen LogP contribution in [0.5, 0.6) is 11.5 Å². The van der Waals surface area contributed by atoms with Crippen LogP contribution >= 0.6 is 0 Å². The summed E-state index contributed by atoms with van der Waals surface area (Å²) in [6.45, 7) is 5.51. The number of nitrogens with zero attached hydrogens (tertiary/aromatic N) is 2. The minimum atomic E-state index is -0.578. The number of aliphatic hydroxyl groups is 1. The van der Waals surface area contributed by atoms with Gasteiger partial charge in [0.1, 0.15) is 12.7 Å². The Labute approximate surface area is 163 Å². The van der Waals surface area contributed by atoms with E-state index in [-0.39, 0.29) is 6.61 Å². The number of hydrogen-bond donors (Lipinski definition) is 1. The molecule has 148 valence electrons. The Kier molecular flexibility index (Phi) is 8.58. The molecule has 0 fully saturated rings. The highest BCUT2D eigenvalue weighted by atomic mass is 16.5. The Balaban J connectivity index is 1.89. The highest BCUT2D eigenvalue weighted by Gasteiger charge is 2.13. The average molecular weight is 373 g/mol. The second-order valence-electron chi connectivity index (χ2n) is 6.96. The van der Waals surface area contributed by atoms with Gasteiger partial charge in [-0.1, -0.05) is 43.3 Å². The third-order valence-corrected chi connectivity index (χ3v) is 4.47. The summed E-state index contributed by atoms with van der Waals surface area (Å²) in [6, 6.07) is 16.2. The summed E-state index contributed by atoms with van der Waals surface area (Å²) in [5, 5.41) is 10.4. The first-order valence-corrected chi connectivity index (χ1v) is 9.40. The van der Waals surface area contributed by atoms with E-state index in [1.165, 1.54) is 5.56 Å². The van der Waals surface area contributed by atoms with Crippen molar-refractivity contribution in [2.24, 2.45) is 0 Å². The molecule has 5 nitrogen and oxygen atoms in total. The Morgan fingerprint density at radius 3 is 2.30 bits per heavy atom. The number of likely N-dealkylation sites (N-methyl/N-ethyl adjacent to an activating group) is 1. The smallest absolute Gasteiger partial charge is 0.161 e. The predicted octanol–water partition coefficient (Wildman–Crippen LogP) is 3.02. The highest BCUT2D eigenvalue weighted by molar-refractivity contribution is 5.43. The van der Waals surface area contributed by atoms with Crippen molar-refractivity contribution in [1.82, 2.24) is 9.80 Å². The van der Waals surface area contributed by atoms with Gasteiger partial charge in [-0.15, -0.1) is 0 Å². The molecule has 27 heavy (non-hydrogen) atoms. The van der Waals surface area contributed by atoms with Gasteiger partial charge in [-0.2, -0.15) is 0 Å². The SMILES string of the molecule is CCN(C)Cc1ccc(OC)c(OC[C@H](O)CN(C)Cc2ccccc2)c1. The first-order chi connectivity index (χ1) is 13.0. The summed E-state index contributed by atoms with van der Waals surface area (Å²) in [5.41, 5.74) is 2.38. The summed E-state index contributed by atoms with van der Waals surface area (Å²) in [4.78, 5) is 4.31. The van der Waals surface area contributed by atoms with Gasteiger partial charge in [0, 0.05) is 19.6 Å². The lowest BCUT2D eigenvalue weighted by atomic mass is 10.2. The lowest BCUT2D eigenvalue weighted by Gasteiger charge is -2.21. The lowest BCUT2D eigenvalue weighted by molar-refractivity contribution is 0.0732. The van der Waals surface area contributed by atoms with E-state index in [4.69, 9.17) is 9.47 Å². The van der Waals surface area contributed by atoms with Crippen molar-refractivity contribution >= 4 is 0 Å². The van der Waals surface area contributed by atoms with Crippen LogP contribution in [-0.2, 0) is 13.1 Å². The Morgan fingerprint density at radius 2 is 1.63 bits per heavy atom. The van der Waals surface area contributed by atoms with Crippen molar-refractivity contribution < 1.29 is 14.6 Å². The Hall–Kier alpha value is -2.08. The van der Waals surface area contributed by atoms with Gasteiger partial charge in [-0.05, 0) is 43.9 Å². The zero-order valence-electron chi connectivity index (χ0n) is 16.9. The minimum Gasteiger partial charge on any atom is -0.493 e. The lowest BCUT2D eigenvalue weighted by Crippen LogP contribution is -2.32. The largest absolute Gasteiger partial charge is 0.493 e. The van der Waals surface area contributed by atoms with E-state index >= 15 is 0 Å². The molecular formula is C22H32N2O3. The molecule has 2 rings (SSSR count). The van der Waals surface area contributed by atoms with Crippen LogP contribution < -0.4 is 9.47 Å². The molecule has 0 spiro atoms. The van der Waals surface area contributed by atoms with Crippen LogP contribution in [0.25, 0.3) is 0 Å². The molecule has 0 radical (unpaired) electrons. The fourth-order valence-electron chi connectivity index (χ4n) is 2.91. The number of rotatable bonds is 11. The molecule has 2 aromatic carbocycles. The maximum absolute atomic E-state index is 10.4. The van der Waals surface area contributed by atoms with Gasteiger partial charge < -0.3 is 19.5 Å². The quantitative estimate of drug-likeness (QED) is 0.657. The fourth-order valence-corrected chi connectivity index (χ4v) is 2.91. The zero-order chi connectivity index (χ0) is 19.6. The standard InChI is InChI=1S/C22H32N2O3/c1-5-23(2)15-19-11-12-21(26-4)22(13-19)27-17-20(25)16-24(3)14-18-9-7-6-8-10-18/h6-13,20,25H,5,14-17H2,1-4H3/t20-/m1/s1. The van der Waals surface area contributed by atoms with Gasteiger partial charge in [0.05, 0.1) is 7.11 Å². The van der Waals surface area contributed by atoms with E-state index in [2.05, 4.69) is 35.9 Å². The maximum atomic E-state index is 10.4. The van der Waals surface area contributed by atoms with Crippen LogP contribution in [0.3, 0.4) is 0 Å². The predicted molar refractivity (Wildman–Crippen MR) is 109 cm³/mol. The molecule has 0 heterocycles. The van der Waals surface area contributed by atoms with Crippen LogP contribution in [0.1, 0.15) is 18.1 Å². The normalized spacial score (nSPS) is 12.4. The van der Waals surface area contributed by atoms with Crippen LogP contribution in [0.2, 0.25) is 0 Å². The number of benzene rings is 2. The van der Waals surface area contributed by atoms with Gasteiger partial charge in [0.2, 0.25) is 0 Å². The molecular weight excluding hydrogens is 340 g/mol. The van der Waals surface area contributed by atoms with Crippen molar-refractivity contribution in [3.63, 3.8) is 0 Å². The summed E-state index contributed by atoms with van der Waals surface area (Å²) >= 11 is 0. The average Bonchev–Trinajstić information content (AvgIpc) is 2.67. The van der Waals surface area contributed by atoms with Crippen molar-refractivity contribution in [3.8, 4) is 11.5 Å². The molecule has 0 unspecified atom stereocenters. The van der Waals surface area contributed by atoms with E-state index < -0.39 is 6.10 Å². The molecule has 0 aliphatic heterocycles. The zero-order valence-corrected chi connectivity index (χ0v) is 16.9. The van der Waals surface area contributed by atoms with Crippen LogP contribution in [0.15, 0.2) is 48.5 Å². The number of ether oxygens (including phenoxy) is 2. The topological polar surface area (TPSA) is 45.2 Å². The summed E-state index contributed by atoms with van der Waals surface area (Å²) in [5.74, 6) is 1.35. The van der Waals surface area contributed by atoms with E-state index in [1.54, 1.807) is 7.11 Å². The van der Waals surface area contributed by atoms with Gasteiger partial charge in [-0.25, -0.2) is 0 Å². The number of aliphatic hydroxyl groups excluding tert-OH is 1. The van der Waals surface area contributed by atoms with Crippen LogP contribution in [0, 0.1) is 0 Å². The second kappa shape index (κ2) is 10.9. The van der Waals surface area contributed by atoms with Crippen LogP contribution in [-0.4, -0.2) is 61.9 Å². The van der Waals surface area contributed by atoms with Crippen LogP contribution in [0.4, 0.5) is 0 Å². The number of methoxy groups -OCH3 is 1. The first kappa shape index (κ1) is 21.2. The van der Waals surface area contributed by atoms with Crippen molar-refractivity contribution in [2.45, 2.75) is 26.1 Å². The molecule has 0 saturated heterocycles. The van der Waals surface area contributed by atoms with Crippen molar-refractivity contribution in [2.75, 3.05) is 40.9 Å². The second-order valence-corrected chi connectivity index (χ2v) is 6.96. The highest BCUT2D eigenvalue weighted by Crippen LogP contribution is 2.28. The molecule has 0 amide bonds. The third kappa shape index (κ3) is 7.21. The third-order valence-electron chi connectivity index (χ3n) is 4.47. The molecule has 0 bridgehead atoms. The van der Waals surface area contributed by atoms with Gasteiger partial charge in [-0.3, -0.25) is 4.90 Å². The molecule has 0 saturated carbocycles. The van der Waals surface area contributed by atoms with Crippen molar-refractivity contribution in [1.29, 1.82) is 0 Å². The van der Waals surface area contributed by atoms with E-state index in [9.17, 15) is 5.11 Å². The minimum absolute atomic E-state index is 0.225. The van der Waals surface area contributed by atoms with E-state index in [1.807, 2.05) is 43.4 Å². The molecule has 1 N–H and O–H groups in total. The van der Waals surface area contributed by atoms with E-state index in [0.717, 1.165) is 25.2 Å². The van der Waals surface area contributed by atoms with Gasteiger partial charge in [0.25, 0.3) is 0 Å². The summed E-state index contributed by atoms with van der Waals surface area (Å²) < 4.78 is 11.3. The molecule has 0 aliphatic carbocycles. The molecule has 2 aromatic rings.